The summed E-state index contributed by atoms with van der Waals surface area (Å²) in [6.45, 7) is 0. The van der Waals surface area contributed by atoms with E-state index in [0.717, 1.165) is 27.5 Å². The Morgan fingerprint density at radius 3 is 2.12 bits per heavy atom. The van der Waals surface area contributed by atoms with Gasteiger partial charge in [-0.1, -0.05) is 42.5 Å². The van der Waals surface area contributed by atoms with Crippen molar-refractivity contribution in [2.75, 3.05) is 0 Å². The predicted molar refractivity (Wildman–Crippen MR) is 95.2 cm³/mol. The first-order valence-corrected chi connectivity index (χ1v) is 7.75. The van der Waals surface area contributed by atoms with Gasteiger partial charge in [-0.15, -0.1) is 0 Å². The minimum absolute atomic E-state index is 0.0448. The molecule has 3 aromatic carbocycles. The Labute approximate surface area is 136 Å². The van der Waals surface area contributed by atoms with Gasteiger partial charge in [0.1, 0.15) is 22.5 Å². The summed E-state index contributed by atoms with van der Waals surface area (Å²) in [6.07, 6.45) is 0. The van der Waals surface area contributed by atoms with Crippen LogP contribution in [0, 0.1) is 0 Å². The fourth-order valence-corrected chi connectivity index (χ4v) is 3.22. The first-order chi connectivity index (χ1) is 11.8. The normalized spacial score (nSPS) is 11.5. The average Bonchev–Trinajstić information content (AvgIpc) is 3.00. The largest absolute Gasteiger partial charge is 0.456 e. The van der Waals surface area contributed by atoms with Crippen LogP contribution >= 0.6 is 0 Å². The van der Waals surface area contributed by atoms with Crippen LogP contribution in [0.2, 0.25) is 0 Å². The molecular formula is C21H12O3. The summed E-state index contributed by atoms with van der Waals surface area (Å²) < 4.78 is 11.9. The minimum atomic E-state index is -0.0448. The van der Waals surface area contributed by atoms with Gasteiger partial charge in [0.05, 0.1) is 5.39 Å². The molecule has 0 aliphatic carbocycles. The van der Waals surface area contributed by atoms with Gasteiger partial charge in [-0.2, -0.15) is 0 Å². The van der Waals surface area contributed by atoms with Crippen molar-refractivity contribution in [1.82, 2.24) is 0 Å². The molecule has 114 valence electrons. The standard InChI is InChI=1S/C21H12O3/c22-16-12-20(24-17-9-3-1-6-13(16)17)15-8-5-11-19-21(15)14-7-2-4-10-18(14)23-19/h1-12H. The molecule has 5 rings (SSSR count). The average molecular weight is 312 g/mol. The maximum absolute atomic E-state index is 12.4. The molecule has 0 saturated heterocycles. The summed E-state index contributed by atoms with van der Waals surface area (Å²) >= 11 is 0. The smallest absolute Gasteiger partial charge is 0.193 e. The Kier molecular flexibility index (Phi) is 2.65. The van der Waals surface area contributed by atoms with Gasteiger partial charge in [0.2, 0.25) is 0 Å². The van der Waals surface area contributed by atoms with Gasteiger partial charge in [0.25, 0.3) is 0 Å². The summed E-state index contributed by atoms with van der Waals surface area (Å²) in [5.74, 6) is 0.552. The molecular weight excluding hydrogens is 300 g/mol. The van der Waals surface area contributed by atoms with E-state index in [2.05, 4.69) is 0 Å². The Morgan fingerprint density at radius 1 is 0.625 bits per heavy atom. The van der Waals surface area contributed by atoms with Crippen LogP contribution in [0.25, 0.3) is 44.2 Å². The lowest BCUT2D eigenvalue weighted by Gasteiger charge is -2.04. The third-order valence-electron chi connectivity index (χ3n) is 4.30. The second-order valence-corrected chi connectivity index (χ2v) is 5.75. The first-order valence-electron chi connectivity index (χ1n) is 7.75. The highest BCUT2D eigenvalue weighted by molar-refractivity contribution is 6.11. The molecule has 3 heteroatoms. The first kappa shape index (κ1) is 13.1. The number of fused-ring (bicyclic) bond motifs is 4. The molecule has 0 spiro atoms. The fourth-order valence-electron chi connectivity index (χ4n) is 3.22. The van der Waals surface area contributed by atoms with Gasteiger partial charge in [-0.3, -0.25) is 4.79 Å². The molecule has 5 aromatic rings. The molecule has 0 unspecified atom stereocenters. The Bertz CT molecular complexity index is 1270. The number of hydrogen-bond donors (Lipinski definition) is 0. The molecule has 24 heavy (non-hydrogen) atoms. The van der Waals surface area contributed by atoms with Gasteiger partial charge < -0.3 is 8.83 Å². The number of para-hydroxylation sites is 2. The molecule has 0 atom stereocenters. The van der Waals surface area contributed by atoms with Crippen LogP contribution in [0.1, 0.15) is 0 Å². The van der Waals surface area contributed by atoms with Crippen molar-refractivity contribution in [3.05, 3.63) is 83.0 Å². The SMILES string of the molecule is O=c1cc(-c2cccc3oc4ccccc4c23)oc2ccccc12. The second kappa shape index (κ2) is 4.83. The Morgan fingerprint density at radius 2 is 1.29 bits per heavy atom. The van der Waals surface area contributed by atoms with Crippen LogP contribution in [-0.4, -0.2) is 0 Å². The topological polar surface area (TPSA) is 43.4 Å². The second-order valence-electron chi connectivity index (χ2n) is 5.75. The van der Waals surface area contributed by atoms with Crippen LogP contribution < -0.4 is 5.43 Å². The zero-order valence-electron chi connectivity index (χ0n) is 12.7. The lowest BCUT2D eigenvalue weighted by molar-refractivity contribution is 0.619. The zero-order chi connectivity index (χ0) is 16.1. The van der Waals surface area contributed by atoms with E-state index in [1.165, 1.54) is 0 Å². The van der Waals surface area contributed by atoms with Gasteiger partial charge in [-0.25, -0.2) is 0 Å². The molecule has 0 bridgehead atoms. The van der Waals surface area contributed by atoms with E-state index in [4.69, 9.17) is 8.83 Å². The van der Waals surface area contributed by atoms with Gasteiger partial charge in [-0.05, 0) is 24.3 Å². The van der Waals surface area contributed by atoms with Crippen LogP contribution in [-0.2, 0) is 0 Å². The molecule has 3 nitrogen and oxygen atoms in total. The monoisotopic (exact) mass is 312 g/mol. The molecule has 0 aliphatic heterocycles. The maximum Gasteiger partial charge on any atom is 0.193 e. The van der Waals surface area contributed by atoms with Crippen molar-refractivity contribution < 1.29 is 8.83 Å². The van der Waals surface area contributed by atoms with Crippen LogP contribution in [0.15, 0.2) is 86.4 Å². The molecule has 0 amide bonds. The molecule has 0 aliphatic rings. The molecule has 0 saturated carbocycles. The van der Waals surface area contributed by atoms with Crippen molar-refractivity contribution in [2.45, 2.75) is 0 Å². The van der Waals surface area contributed by atoms with Gasteiger partial charge in [0, 0.05) is 22.4 Å². The van der Waals surface area contributed by atoms with E-state index < -0.39 is 0 Å². The van der Waals surface area contributed by atoms with Crippen molar-refractivity contribution >= 4 is 32.9 Å². The van der Waals surface area contributed by atoms with E-state index in [9.17, 15) is 4.79 Å². The molecule has 0 fully saturated rings. The Balaban J connectivity index is 1.91. The van der Waals surface area contributed by atoms with Crippen molar-refractivity contribution in [3.8, 4) is 11.3 Å². The highest BCUT2D eigenvalue weighted by Crippen LogP contribution is 2.36. The highest BCUT2D eigenvalue weighted by atomic mass is 16.3. The van der Waals surface area contributed by atoms with E-state index in [-0.39, 0.29) is 5.43 Å². The number of furan rings is 1. The number of hydrogen-bond acceptors (Lipinski definition) is 3. The summed E-state index contributed by atoms with van der Waals surface area (Å²) in [5.41, 5.74) is 3.01. The van der Waals surface area contributed by atoms with E-state index in [1.54, 1.807) is 12.1 Å². The van der Waals surface area contributed by atoms with Gasteiger partial charge >= 0.3 is 0 Å². The summed E-state index contributed by atoms with van der Waals surface area (Å²) in [7, 11) is 0. The molecule has 0 radical (unpaired) electrons. The van der Waals surface area contributed by atoms with E-state index >= 15 is 0 Å². The van der Waals surface area contributed by atoms with Crippen molar-refractivity contribution in [2.24, 2.45) is 0 Å². The summed E-state index contributed by atoms with van der Waals surface area (Å²) in [5, 5.41) is 2.57. The lowest BCUT2D eigenvalue weighted by Crippen LogP contribution is -1.99. The highest BCUT2D eigenvalue weighted by Gasteiger charge is 2.14. The third kappa shape index (κ3) is 1.82. The third-order valence-corrected chi connectivity index (χ3v) is 4.30. The van der Waals surface area contributed by atoms with Crippen LogP contribution in [0.5, 0.6) is 0 Å². The molecule has 2 aromatic heterocycles. The minimum Gasteiger partial charge on any atom is -0.456 e. The van der Waals surface area contributed by atoms with Crippen LogP contribution in [0.3, 0.4) is 0 Å². The Hall–Kier alpha value is -3.33. The predicted octanol–water partition coefficient (Wildman–Crippen LogP) is 5.36. The number of benzene rings is 3. The van der Waals surface area contributed by atoms with E-state index in [0.29, 0.717) is 16.7 Å². The summed E-state index contributed by atoms with van der Waals surface area (Å²) in [6, 6.07) is 22.5. The number of rotatable bonds is 1. The zero-order valence-corrected chi connectivity index (χ0v) is 12.7. The fraction of sp³-hybridized carbons (Fsp3) is 0. The van der Waals surface area contributed by atoms with Crippen molar-refractivity contribution in [1.29, 1.82) is 0 Å². The van der Waals surface area contributed by atoms with Crippen LogP contribution in [0.4, 0.5) is 0 Å². The van der Waals surface area contributed by atoms with Gasteiger partial charge in [0.15, 0.2) is 5.43 Å². The molecule has 2 heterocycles. The quantitative estimate of drug-likeness (QED) is 0.418. The maximum atomic E-state index is 12.4. The van der Waals surface area contributed by atoms with Crippen molar-refractivity contribution in [3.63, 3.8) is 0 Å². The lowest BCUT2D eigenvalue weighted by atomic mass is 10.0. The van der Waals surface area contributed by atoms with E-state index in [1.807, 2.05) is 60.7 Å². The molecule has 0 N–H and O–H groups in total. The summed E-state index contributed by atoms with van der Waals surface area (Å²) in [4.78, 5) is 12.4.